The van der Waals surface area contributed by atoms with Gasteiger partial charge in [0.2, 0.25) is 0 Å². The van der Waals surface area contributed by atoms with Crippen molar-refractivity contribution in [1.82, 2.24) is 5.32 Å². The fourth-order valence-electron chi connectivity index (χ4n) is 2.61. The minimum absolute atomic E-state index is 0.0575. The van der Waals surface area contributed by atoms with Crippen molar-refractivity contribution in [3.63, 3.8) is 0 Å². The standard InChI is InChI=1S/C14H20FN3O2/c1-10(8-11-4-2-3-7-16-11)17-14-9-12(18(19)20)5-6-13(14)15/h5-6,9-11,16-17H,2-4,7-8H2,1H3. The molecule has 1 aromatic carbocycles. The van der Waals surface area contributed by atoms with Crippen LogP contribution in [0.2, 0.25) is 0 Å². The van der Waals surface area contributed by atoms with Crippen molar-refractivity contribution in [1.29, 1.82) is 0 Å². The number of nitrogens with zero attached hydrogens (tertiary/aromatic N) is 1. The third-order valence-corrected chi connectivity index (χ3v) is 3.61. The number of nitro groups is 1. The number of hydrogen-bond donors (Lipinski definition) is 2. The second kappa shape index (κ2) is 6.65. The van der Waals surface area contributed by atoms with E-state index < -0.39 is 10.7 Å². The topological polar surface area (TPSA) is 67.2 Å². The van der Waals surface area contributed by atoms with Crippen LogP contribution < -0.4 is 10.6 Å². The molecule has 2 rings (SSSR count). The van der Waals surface area contributed by atoms with Gasteiger partial charge in [-0.05, 0) is 38.8 Å². The summed E-state index contributed by atoms with van der Waals surface area (Å²) in [5.74, 6) is -0.459. The highest BCUT2D eigenvalue weighted by atomic mass is 19.1. The fraction of sp³-hybridized carbons (Fsp3) is 0.571. The van der Waals surface area contributed by atoms with E-state index in [4.69, 9.17) is 0 Å². The molecule has 1 fully saturated rings. The van der Waals surface area contributed by atoms with Gasteiger partial charge in [-0.25, -0.2) is 4.39 Å². The van der Waals surface area contributed by atoms with Crippen LogP contribution in [0.25, 0.3) is 0 Å². The lowest BCUT2D eigenvalue weighted by atomic mass is 9.98. The molecular weight excluding hydrogens is 261 g/mol. The zero-order chi connectivity index (χ0) is 14.5. The lowest BCUT2D eigenvalue weighted by molar-refractivity contribution is -0.384. The van der Waals surface area contributed by atoms with Crippen molar-refractivity contribution in [2.75, 3.05) is 11.9 Å². The Balaban J connectivity index is 1.97. The Labute approximate surface area is 117 Å². The van der Waals surface area contributed by atoms with E-state index in [1.807, 2.05) is 6.92 Å². The molecule has 0 amide bonds. The summed E-state index contributed by atoms with van der Waals surface area (Å²) in [6, 6.07) is 4.05. The number of hydrogen-bond acceptors (Lipinski definition) is 4. The van der Waals surface area contributed by atoms with Crippen LogP contribution in [-0.2, 0) is 0 Å². The van der Waals surface area contributed by atoms with Gasteiger partial charge in [-0.15, -0.1) is 0 Å². The highest BCUT2D eigenvalue weighted by Crippen LogP contribution is 2.23. The van der Waals surface area contributed by atoms with Crippen LogP contribution in [0.15, 0.2) is 18.2 Å². The van der Waals surface area contributed by atoms with Gasteiger partial charge in [0.15, 0.2) is 0 Å². The van der Waals surface area contributed by atoms with Crippen LogP contribution in [0.5, 0.6) is 0 Å². The predicted molar refractivity (Wildman–Crippen MR) is 76.4 cm³/mol. The number of nitro benzene ring substituents is 1. The van der Waals surface area contributed by atoms with Crippen LogP contribution in [0.4, 0.5) is 15.8 Å². The summed E-state index contributed by atoms with van der Waals surface area (Å²) in [5, 5.41) is 17.2. The Kier molecular flexibility index (Phi) is 4.89. The summed E-state index contributed by atoms with van der Waals surface area (Å²) < 4.78 is 13.7. The van der Waals surface area contributed by atoms with Crippen molar-refractivity contribution < 1.29 is 9.31 Å². The first-order valence-corrected chi connectivity index (χ1v) is 7.00. The molecule has 5 nitrogen and oxygen atoms in total. The predicted octanol–water partition coefficient (Wildman–Crippen LogP) is 3.07. The van der Waals surface area contributed by atoms with Gasteiger partial charge in [0.1, 0.15) is 5.82 Å². The first-order valence-electron chi connectivity index (χ1n) is 7.00. The van der Waals surface area contributed by atoms with Gasteiger partial charge in [0.05, 0.1) is 10.6 Å². The number of piperidine rings is 1. The molecule has 2 unspecified atom stereocenters. The number of halogens is 1. The average Bonchev–Trinajstić information content (AvgIpc) is 2.42. The van der Waals surface area contributed by atoms with E-state index in [0.29, 0.717) is 6.04 Å². The summed E-state index contributed by atoms with van der Waals surface area (Å²) in [6.45, 7) is 3.00. The molecule has 0 aliphatic carbocycles. The lowest BCUT2D eigenvalue weighted by Gasteiger charge is -2.27. The molecule has 0 saturated carbocycles. The second-order valence-corrected chi connectivity index (χ2v) is 5.35. The largest absolute Gasteiger partial charge is 0.380 e. The van der Waals surface area contributed by atoms with E-state index in [0.717, 1.165) is 25.5 Å². The third kappa shape index (κ3) is 3.90. The summed E-state index contributed by atoms with van der Waals surface area (Å²) >= 11 is 0. The molecule has 0 radical (unpaired) electrons. The van der Waals surface area contributed by atoms with Gasteiger partial charge < -0.3 is 10.6 Å². The zero-order valence-electron chi connectivity index (χ0n) is 11.6. The molecule has 1 heterocycles. The summed E-state index contributed by atoms with van der Waals surface area (Å²) in [6.07, 6.45) is 4.43. The number of non-ortho nitro benzene ring substituents is 1. The molecule has 0 bridgehead atoms. The molecule has 110 valence electrons. The molecule has 0 spiro atoms. The third-order valence-electron chi connectivity index (χ3n) is 3.61. The Morgan fingerprint density at radius 3 is 3.00 bits per heavy atom. The van der Waals surface area contributed by atoms with E-state index in [9.17, 15) is 14.5 Å². The molecular formula is C14H20FN3O2. The molecule has 1 saturated heterocycles. The highest BCUT2D eigenvalue weighted by molar-refractivity contribution is 5.52. The molecule has 1 aromatic rings. The molecule has 20 heavy (non-hydrogen) atoms. The Bertz CT molecular complexity index is 475. The van der Waals surface area contributed by atoms with Crippen molar-refractivity contribution >= 4 is 11.4 Å². The number of rotatable bonds is 5. The van der Waals surface area contributed by atoms with Crippen LogP contribution in [-0.4, -0.2) is 23.6 Å². The maximum absolute atomic E-state index is 13.7. The van der Waals surface area contributed by atoms with Gasteiger partial charge in [-0.3, -0.25) is 10.1 Å². The van der Waals surface area contributed by atoms with E-state index in [1.165, 1.54) is 25.0 Å². The highest BCUT2D eigenvalue weighted by Gasteiger charge is 2.17. The Hall–Kier alpha value is -1.69. The first kappa shape index (κ1) is 14.7. The van der Waals surface area contributed by atoms with Gasteiger partial charge in [-0.1, -0.05) is 6.42 Å². The Morgan fingerprint density at radius 2 is 2.35 bits per heavy atom. The van der Waals surface area contributed by atoms with Gasteiger partial charge >= 0.3 is 0 Å². The lowest BCUT2D eigenvalue weighted by Crippen LogP contribution is -2.37. The monoisotopic (exact) mass is 281 g/mol. The van der Waals surface area contributed by atoms with E-state index >= 15 is 0 Å². The average molecular weight is 281 g/mol. The first-order chi connectivity index (χ1) is 9.56. The van der Waals surface area contributed by atoms with Crippen molar-refractivity contribution in [2.24, 2.45) is 0 Å². The maximum Gasteiger partial charge on any atom is 0.271 e. The molecule has 6 heteroatoms. The van der Waals surface area contributed by atoms with Crippen LogP contribution in [0.3, 0.4) is 0 Å². The van der Waals surface area contributed by atoms with E-state index in [1.54, 1.807) is 0 Å². The second-order valence-electron chi connectivity index (χ2n) is 5.35. The molecule has 2 N–H and O–H groups in total. The SMILES string of the molecule is CC(CC1CCCCN1)Nc1cc([N+](=O)[O-])ccc1F. The summed E-state index contributed by atoms with van der Waals surface area (Å²) in [4.78, 5) is 10.2. The minimum atomic E-state index is -0.516. The fourth-order valence-corrected chi connectivity index (χ4v) is 2.61. The number of nitrogens with one attached hydrogen (secondary N) is 2. The van der Waals surface area contributed by atoms with Crippen LogP contribution in [0, 0.1) is 15.9 Å². The molecule has 0 aromatic heterocycles. The Morgan fingerprint density at radius 1 is 1.55 bits per heavy atom. The van der Waals surface area contributed by atoms with Crippen molar-refractivity contribution in [3.05, 3.63) is 34.1 Å². The van der Waals surface area contributed by atoms with Crippen molar-refractivity contribution in [3.8, 4) is 0 Å². The normalized spacial score (nSPS) is 20.4. The van der Waals surface area contributed by atoms with Crippen LogP contribution in [0.1, 0.15) is 32.6 Å². The molecule has 2 atom stereocenters. The van der Waals surface area contributed by atoms with Gasteiger partial charge in [-0.2, -0.15) is 0 Å². The molecule has 1 aliphatic rings. The zero-order valence-corrected chi connectivity index (χ0v) is 11.6. The van der Waals surface area contributed by atoms with E-state index in [-0.39, 0.29) is 17.4 Å². The summed E-state index contributed by atoms with van der Waals surface area (Å²) in [5.41, 5.74) is 0.0967. The molecule has 1 aliphatic heterocycles. The van der Waals surface area contributed by atoms with Gasteiger partial charge in [0, 0.05) is 24.2 Å². The van der Waals surface area contributed by atoms with Crippen molar-refractivity contribution in [2.45, 2.75) is 44.7 Å². The van der Waals surface area contributed by atoms with E-state index in [2.05, 4.69) is 10.6 Å². The minimum Gasteiger partial charge on any atom is -0.380 e. The quantitative estimate of drug-likeness (QED) is 0.643. The summed E-state index contributed by atoms with van der Waals surface area (Å²) in [7, 11) is 0. The van der Waals surface area contributed by atoms with Gasteiger partial charge in [0.25, 0.3) is 5.69 Å². The van der Waals surface area contributed by atoms with Crippen LogP contribution >= 0.6 is 0 Å². The number of anilines is 1. The maximum atomic E-state index is 13.7. The smallest absolute Gasteiger partial charge is 0.271 e. The number of benzene rings is 1.